The maximum Gasteiger partial charge on any atom is 0.133 e. The normalized spacial score (nSPS) is 10.2. The maximum atomic E-state index is 8.96. The van der Waals surface area contributed by atoms with Gasteiger partial charge in [0.1, 0.15) is 11.5 Å². The number of nitrogens with zero attached hydrogens (tertiary/aromatic N) is 1. The van der Waals surface area contributed by atoms with Gasteiger partial charge in [-0.15, -0.1) is 11.6 Å². The van der Waals surface area contributed by atoms with Crippen LogP contribution in [0.5, 0.6) is 11.5 Å². The lowest BCUT2D eigenvalue weighted by atomic mass is 10.1. The highest BCUT2D eigenvalue weighted by atomic mass is 35.5. The molecule has 0 amide bonds. The van der Waals surface area contributed by atoms with Crippen molar-refractivity contribution in [3.63, 3.8) is 0 Å². The van der Waals surface area contributed by atoms with Gasteiger partial charge < -0.3 is 4.74 Å². The molecule has 0 aliphatic heterocycles. The van der Waals surface area contributed by atoms with E-state index in [0.29, 0.717) is 22.2 Å². The molecular formula is C16H13Cl2NO. The fourth-order valence-electron chi connectivity index (χ4n) is 2.02. The monoisotopic (exact) mass is 305 g/mol. The number of halogens is 2. The van der Waals surface area contributed by atoms with E-state index in [1.807, 2.05) is 19.9 Å². The van der Waals surface area contributed by atoms with Crippen molar-refractivity contribution in [3.05, 3.63) is 57.6 Å². The summed E-state index contributed by atoms with van der Waals surface area (Å²) in [6.45, 7) is 3.82. The smallest absolute Gasteiger partial charge is 0.133 e. The number of nitriles is 1. The third-order valence-corrected chi connectivity index (χ3v) is 3.50. The van der Waals surface area contributed by atoms with Gasteiger partial charge in [-0.1, -0.05) is 17.7 Å². The molecule has 0 aliphatic rings. The molecule has 102 valence electrons. The van der Waals surface area contributed by atoms with Crippen molar-refractivity contribution in [1.29, 1.82) is 5.26 Å². The maximum absolute atomic E-state index is 8.96. The molecule has 0 heterocycles. The number of rotatable bonds is 3. The van der Waals surface area contributed by atoms with Crippen molar-refractivity contribution in [2.45, 2.75) is 19.7 Å². The van der Waals surface area contributed by atoms with Crippen molar-refractivity contribution in [2.24, 2.45) is 0 Å². The van der Waals surface area contributed by atoms with Crippen LogP contribution in [0.3, 0.4) is 0 Å². The van der Waals surface area contributed by atoms with Crippen LogP contribution in [0.15, 0.2) is 30.3 Å². The van der Waals surface area contributed by atoms with Gasteiger partial charge in [-0.2, -0.15) is 5.26 Å². The van der Waals surface area contributed by atoms with E-state index in [-0.39, 0.29) is 0 Å². The lowest BCUT2D eigenvalue weighted by Crippen LogP contribution is -1.95. The van der Waals surface area contributed by atoms with Crippen LogP contribution >= 0.6 is 23.2 Å². The first-order chi connectivity index (χ1) is 9.55. The minimum absolute atomic E-state index is 0.348. The first-order valence-electron chi connectivity index (χ1n) is 6.08. The van der Waals surface area contributed by atoms with E-state index in [4.69, 9.17) is 33.2 Å². The minimum Gasteiger partial charge on any atom is -0.456 e. The summed E-state index contributed by atoms with van der Waals surface area (Å²) in [7, 11) is 0. The first kappa shape index (κ1) is 14.7. The Labute approximate surface area is 128 Å². The zero-order valence-electron chi connectivity index (χ0n) is 11.2. The number of ether oxygens (including phenoxy) is 1. The fraction of sp³-hybridized carbons (Fsp3) is 0.188. The van der Waals surface area contributed by atoms with Crippen LogP contribution in [0, 0.1) is 25.2 Å². The molecule has 20 heavy (non-hydrogen) atoms. The van der Waals surface area contributed by atoms with Crippen LogP contribution in [0.1, 0.15) is 22.3 Å². The Kier molecular flexibility index (Phi) is 4.54. The van der Waals surface area contributed by atoms with Crippen LogP contribution in [-0.2, 0) is 5.88 Å². The lowest BCUT2D eigenvalue weighted by Gasteiger charge is -2.14. The number of alkyl halides is 1. The quantitative estimate of drug-likeness (QED) is 0.715. The van der Waals surface area contributed by atoms with Gasteiger partial charge in [-0.25, -0.2) is 0 Å². The number of aryl methyl sites for hydroxylation is 2. The van der Waals surface area contributed by atoms with Crippen molar-refractivity contribution in [2.75, 3.05) is 0 Å². The zero-order valence-corrected chi connectivity index (χ0v) is 12.7. The van der Waals surface area contributed by atoms with Gasteiger partial charge in [0.2, 0.25) is 0 Å². The highest BCUT2D eigenvalue weighted by Crippen LogP contribution is 2.33. The molecule has 0 fully saturated rings. The summed E-state index contributed by atoms with van der Waals surface area (Å²) in [6, 6.07) is 11.1. The van der Waals surface area contributed by atoms with E-state index in [2.05, 4.69) is 6.07 Å². The van der Waals surface area contributed by atoms with Crippen LogP contribution in [0.25, 0.3) is 0 Å². The molecule has 0 N–H and O–H groups in total. The van der Waals surface area contributed by atoms with Crippen LogP contribution in [-0.4, -0.2) is 0 Å². The van der Waals surface area contributed by atoms with Gasteiger partial charge in [-0.3, -0.25) is 0 Å². The van der Waals surface area contributed by atoms with Gasteiger partial charge in [-0.05, 0) is 49.2 Å². The van der Waals surface area contributed by atoms with Gasteiger partial charge >= 0.3 is 0 Å². The number of benzene rings is 2. The second-order valence-corrected chi connectivity index (χ2v) is 5.24. The van der Waals surface area contributed by atoms with Crippen molar-refractivity contribution >= 4 is 23.2 Å². The molecule has 0 aliphatic carbocycles. The minimum atomic E-state index is 0.348. The van der Waals surface area contributed by atoms with Crippen LogP contribution < -0.4 is 4.74 Å². The Balaban J connectivity index is 2.45. The average molecular weight is 306 g/mol. The van der Waals surface area contributed by atoms with E-state index in [9.17, 15) is 0 Å². The molecule has 2 aromatic rings. The van der Waals surface area contributed by atoms with Gasteiger partial charge in [0.15, 0.2) is 0 Å². The third kappa shape index (κ3) is 3.07. The molecule has 0 aromatic heterocycles. The fourth-order valence-corrected chi connectivity index (χ4v) is 2.40. The van der Waals surface area contributed by atoms with E-state index in [0.717, 1.165) is 22.4 Å². The largest absolute Gasteiger partial charge is 0.456 e. The van der Waals surface area contributed by atoms with E-state index < -0.39 is 0 Å². The van der Waals surface area contributed by atoms with Crippen molar-refractivity contribution in [1.82, 2.24) is 0 Å². The summed E-state index contributed by atoms with van der Waals surface area (Å²) in [5.41, 5.74) is 3.30. The predicted octanol–water partition coefficient (Wildman–Crippen LogP) is 5.36. The Morgan fingerprint density at radius 1 is 1.15 bits per heavy atom. The van der Waals surface area contributed by atoms with Crippen molar-refractivity contribution in [3.8, 4) is 17.6 Å². The Morgan fingerprint density at radius 2 is 1.80 bits per heavy atom. The molecule has 0 unspecified atom stereocenters. The molecule has 4 heteroatoms. The van der Waals surface area contributed by atoms with Gasteiger partial charge in [0, 0.05) is 10.6 Å². The van der Waals surface area contributed by atoms with Crippen LogP contribution in [0.2, 0.25) is 5.02 Å². The summed E-state index contributed by atoms with van der Waals surface area (Å²) < 4.78 is 5.96. The molecule has 0 saturated carbocycles. The van der Waals surface area contributed by atoms with Crippen LogP contribution in [0.4, 0.5) is 0 Å². The second-order valence-electron chi connectivity index (χ2n) is 4.54. The Morgan fingerprint density at radius 3 is 2.35 bits per heavy atom. The lowest BCUT2D eigenvalue weighted by molar-refractivity contribution is 0.471. The molecule has 2 nitrogen and oxygen atoms in total. The second kappa shape index (κ2) is 6.17. The third-order valence-electron chi connectivity index (χ3n) is 2.97. The molecule has 2 aromatic carbocycles. The average Bonchev–Trinajstić information content (AvgIpc) is 2.42. The summed E-state index contributed by atoms with van der Waals surface area (Å²) in [4.78, 5) is 0. The summed E-state index contributed by atoms with van der Waals surface area (Å²) in [5.74, 6) is 1.72. The van der Waals surface area contributed by atoms with E-state index >= 15 is 0 Å². The highest BCUT2D eigenvalue weighted by Gasteiger charge is 2.11. The molecule has 0 bridgehead atoms. The molecule has 2 rings (SSSR count). The van der Waals surface area contributed by atoms with Crippen molar-refractivity contribution < 1.29 is 4.74 Å². The zero-order chi connectivity index (χ0) is 14.7. The summed E-state index contributed by atoms with van der Waals surface area (Å²) in [6.07, 6.45) is 0. The SMILES string of the molecule is Cc1cc(C#N)cc(C)c1Oc1cc(Cl)ccc1CCl. The van der Waals surface area contributed by atoms with E-state index in [1.54, 1.807) is 24.3 Å². The molecule has 0 radical (unpaired) electrons. The first-order valence-corrected chi connectivity index (χ1v) is 7.00. The number of hydrogen-bond acceptors (Lipinski definition) is 2. The van der Waals surface area contributed by atoms with Gasteiger partial charge in [0.25, 0.3) is 0 Å². The van der Waals surface area contributed by atoms with Gasteiger partial charge in [0.05, 0.1) is 17.5 Å². The topological polar surface area (TPSA) is 33.0 Å². The highest BCUT2D eigenvalue weighted by molar-refractivity contribution is 6.30. The molecule has 0 atom stereocenters. The molecular weight excluding hydrogens is 293 g/mol. The summed E-state index contributed by atoms with van der Waals surface area (Å²) in [5, 5.41) is 9.56. The molecule has 0 saturated heterocycles. The van der Waals surface area contributed by atoms with E-state index in [1.165, 1.54) is 0 Å². The number of hydrogen-bond donors (Lipinski definition) is 0. The molecule has 0 spiro atoms. The summed E-state index contributed by atoms with van der Waals surface area (Å²) >= 11 is 11.9. The Bertz CT molecular complexity index is 666. The standard InChI is InChI=1S/C16H13Cl2NO/c1-10-5-12(9-19)6-11(2)16(10)20-15-7-14(18)4-3-13(15)8-17/h3-7H,8H2,1-2H3. The Hall–Kier alpha value is -1.69. The predicted molar refractivity (Wildman–Crippen MR) is 81.7 cm³/mol.